The lowest BCUT2D eigenvalue weighted by Gasteiger charge is -2.11. The van der Waals surface area contributed by atoms with Crippen molar-refractivity contribution in [2.75, 3.05) is 12.0 Å². The van der Waals surface area contributed by atoms with Crippen molar-refractivity contribution in [2.45, 2.75) is 23.8 Å². The van der Waals surface area contributed by atoms with E-state index in [1.165, 1.54) is 23.0 Å². The number of benzene rings is 1. The number of Topliss-reactive ketones (excluding diaryl/α,β-unsaturated/α-hetero) is 1. The molecule has 0 aliphatic carbocycles. The molecule has 0 bridgehead atoms. The monoisotopic (exact) mass is 423 g/mol. The number of carbonyl (C=O) groups excluding carboxylic acids is 1. The van der Waals surface area contributed by atoms with Crippen LogP contribution in [0.4, 0.5) is 0 Å². The third-order valence-corrected chi connectivity index (χ3v) is 6.61. The Morgan fingerprint density at radius 3 is 2.79 bits per heavy atom. The number of hydrogen-bond donors (Lipinski definition) is 0. The number of aromatic nitrogens is 5. The number of rotatable bonds is 6. The van der Waals surface area contributed by atoms with E-state index in [1.54, 1.807) is 22.6 Å². The lowest BCUT2D eigenvalue weighted by molar-refractivity contribution is 0.102. The van der Waals surface area contributed by atoms with E-state index in [1.807, 2.05) is 33.0 Å². The third kappa shape index (κ3) is 3.70. The van der Waals surface area contributed by atoms with Crippen molar-refractivity contribution in [1.82, 2.24) is 24.3 Å². The summed E-state index contributed by atoms with van der Waals surface area (Å²) in [5.74, 6) is 0.405. The van der Waals surface area contributed by atoms with Crippen molar-refractivity contribution in [1.29, 1.82) is 0 Å². The highest BCUT2D eigenvalue weighted by molar-refractivity contribution is 8.00. The van der Waals surface area contributed by atoms with Crippen LogP contribution in [0.2, 0.25) is 0 Å². The fourth-order valence-electron chi connectivity index (χ4n) is 3.46. The average Bonchev–Trinajstić information content (AvgIpc) is 3.26. The molecule has 3 heterocycles. The van der Waals surface area contributed by atoms with Gasteiger partial charge in [-0.1, -0.05) is 17.8 Å². The molecule has 8 heteroatoms. The summed E-state index contributed by atoms with van der Waals surface area (Å²) in [5, 5.41) is 5.87. The van der Waals surface area contributed by atoms with E-state index in [-0.39, 0.29) is 5.78 Å². The molecule has 148 valence electrons. The van der Waals surface area contributed by atoms with E-state index in [0.29, 0.717) is 5.75 Å². The highest BCUT2D eigenvalue weighted by atomic mass is 32.2. The van der Waals surface area contributed by atoms with E-state index in [4.69, 9.17) is 0 Å². The first-order chi connectivity index (χ1) is 14.0. The summed E-state index contributed by atoms with van der Waals surface area (Å²) in [5.41, 5.74) is 4.60. The maximum atomic E-state index is 13.0. The normalized spacial score (nSPS) is 11.3. The molecular formula is C21H21N5OS2. The Kier molecular flexibility index (Phi) is 5.47. The van der Waals surface area contributed by atoms with Crippen LogP contribution in [0.25, 0.3) is 16.7 Å². The van der Waals surface area contributed by atoms with Gasteiger partial charge < -0.3 is 4.57 Å². The van der Waals surface area contributed by atoms with Crippen LogP contribution in [0.1, 0.15) is 21.7 Å². The highest BCUT2D eigenvalue weighted by Crippen LogP contribution is 2.28. The quantitative estimate of drug-likeness (QED) is 0.259. The molecule has 0 unspecified atom stereocenters. The molecule has 0 aliphatic heterocycles. The molecule has 1 aromatic carbocycles. The van der Waals surface area contributed by atoms with Gasteiger partial charge in [0, 0.05) is 34.6 Å². The van der Waals surface area contributed by atoms with Gasteiger partial charge in [-0.25, -0.2) is 9.97 Å². The maximum absolute atomic E-state index is 13.0. The molecule has 0 fully saturated rings. The van der Waals surface area contributed by atoms with Crippen molar-refractivity contribution >= 4 is 40.3 Å². The Labute approximate surface area is 177 Å². The lowest BCUT2D eigenvalue weighted by Crippen LogP contribution is -2.06. The number of thioether (sulfide) groups is 2. The molecule has 0 N–H and O–H groups in total. The molecule has 0 saturated carbocycles. The second kappa shape index (κ2) is 8.04. The smallest absolute Gasteiger partial charge is 0.174 e. The summed E-state index contributed by atoms with van der Waals surface area (Å²) in [6.45, 7) is 4.03. The lowest BCUT2D eigenvalue weighted by atomic mass is 10.2. The summed E-state index contributed by atoms with van der Waals surface area (Å²) in [7, 11) is 1.84. The number of nitrogens with zero attached hydrogens (tertiary/aromatic N) is 5. The summed E-state index contributed by atoms with van der Waals surface area (Å²) < 4.78 is 3.85. The Hall–Kier alpha value is -2.58. The van der Waals surface area contributed by atoms with Crippen LogP contribution in [-0.2, 0) is 7.05 Å². The number of hydrogen-bond acceptors (Lipinski definition) is 6. The largest absolute Gasteiger partial charge is 0.318 e. The van der Waals surface area contributed by atoms with Gasteiger partial charge in [-0.3, -0.25) is 9.48 Å². The zero-order valence-corrected chi connectivity index (χ0v) is 18.3. The molecule has 6 nitrogen and oxygen atoms in total. The van der Waals surface area contributed by atoms with Crippen LogP contribution in [-0.4, -0.2) is 42.1 Å². The predicted octanol–water partition coefficient (Wildman–Crippen LogP) is 4.47. The summed E-state index contributed by atoms with van der Waals surface area (Å²) in [6, 6.07) is 10.3. The zero-order chi connectivity index (χ0) is 20.5. The molecule has 0 amide bonds. The molecule has 0 atom stereocenters. The average molecular weight is 424 g/mol. The van der Waals surface area contributed by atoms with Gasteiger partial charge in [0.15, 0.2) is 11.4 Å². The van der Waals surface area contributed by atoms with Gasteiger partial charge in [-0.05, 0) is 44.4 Å². The van der Waals surface area contributed by atoms with Crippen LogP contribution < -0.4 is 0 Å². The van der Waals surface area contributed by atoms with Gasteiger partial charge in [-0.15, -0.1) is 11.8 Å². The molecule has 0 saturated heterocycles. The Bertz CT molecular complexity index is 1210. The van der Waals surface area contributed by atoms with E-state index in [2.05, 4.69) is 44.1 Å². The number of aryl methyl sites for hydroxylation is 2. The van der Waals surface area contributed by atoms with E-state index in [0.717, 1.165) is 38.7 Å². The summed E-state index contributed by atoms with van der Waals surface area (Å²) >= 11 is 3.13. The van der Waals surface area contributed by atoms with Crippen LogP contribution in [0.15, 0.2) is 52.8 Å². The van der Waals surface area contributed by atoms with Crippen LogP contribution in [0.3, 0.4) is 0 Å². The second-order valence-electron chi connectivity index (χ2n) is 6.72. The van der Waals surface area contributed by atoms with Gasteiger partial charge in [-0.2, -0.15) is 5.10 Å². The SMILES string of the molecule is CSc1cccc(-n2c(C)cc(C(=O)CSc3ncnc4c3cnn4C)c2C)c1. The first kappa shape index (κ1) is 19.7. The minimum absolute atomic E-state index is 0.0889. The Morgan fingerprint density at radius 1 is 1.17 bits per heavy atom. The minimum Gasteiger partial charge on any atom is -0.318 e. The predicted molar refractivity (Wildman–Crippen MR) is 118 cm³/mol. The van der Waals surface area contributed by atoms with Crippen molar-refractivity contribution in [3.63, 3.8) is 0 Å². The number of carbonyl (C=O) groups is 1. The van der Waals surface area contributed by atoms with E-state index >= 15 is 0 Å². The fraction of sp³-hybridized carbons (Fsp3) is 0.238. The third-order valence-electron chi connectivity index (χ3n) is 4.88. The van der Waals surface area contributed by atoms with Gasteiger partial charge >= 0.3 is 0 Å². The van der Waals surface area contributed by atoms with E-state index < -0.39 is 0 Å². The van der Waals surface area contributed by atoms with Gasteiger partial charge in [0.2, 0.25) is 0 Å². The van der Waals surface area contributed by atoms with Crippen LogP contribution in [0, 0.1) is 13.8 Å². The number of ketones is 1. The first-order valence-corrected chi connectivity index (χ1v) is 11.3. The zero-order valence-electron chi connectivity index (χ0n) is 16.7. The Morgan fingerprint density at radius 2 is 2.00 bits per heavy atom. The molecule has 0 radical (unpaired) electrons. The molecular weight excluding hydrogens is 402 g/mol. The standard InChI is InChI=1S/C21H21N5OS2/c1-13-8-17(14(2)26(13)15-6-5-7-16(9-15)28-4)19(27)11-29-21-18-10-24-25(3)20(18)22-12-23-21/h5-10,12H,11H2,1-4H3. The van der Waals surface area contributed by atoms with E-state index in [9.17, 15) is 4.79 Å². The fourth-order valence-corrected chi connectivity index (χ4v) is 4.76. The van der Waals surface area contributed by atoms with Crippen molar-refractivity contribution in [2.24, 2.45) is 7.05 Å². The molecule has 4 rings (SSSR count). The molecule has 0 aliphatic rings. The van der Waals surface area contributed by atoms with Crippen LogP contribution in [0.5, 0.6) is 0 Å². The number of fused-ring (bicyclic) bond motifs is 1. The molecule has 3 aromatic heterocycles. The second-order valence-corrected chi connectivity index (χ2v) is 8.56. The summed E-state index contributed by atoms with van der Waals surface area (Å²) in [4.78, 5) is 22.8. The minimum atomic E-state index is 0.0889. The van der Waals surface area contributed by atoms with Gasteiger partial charge in [0.25, 0.3) is 0 Å². The maximum Gasteiger partial charge on any atom is 0.174 e. The van der Waals surface area contributed by atoms with Gasteiger partial charge in [0.1, 0.15) is 11.4 Å². The van der Waals surface area contributed by atoms with Crippen molar-refractivity contribution < 1.29 is 4.79 Å². The van der Waals surface area contributed by atoms with Gasteiger partial charge in [0.05, 0.1) is 17.3 Å². The van der Waals surface area contributed by atoms with Crippen LogP contribution >= 0.6 is 23.5 Å². The molecule has 0 spiro atoms. The molecule has 29 heavy (non-hydrogen) atoms. The topological polar surface area (TPSA) is 65.6 Å². The van der Waals surface area contributed by atoms with Crippen molar-refractivity contribution in [3.05, 3.63) is 59.8 Å². The molecule has 4 aromatic rings. The Balaban J connectivity index is 1.59. The highest BCUT2D eigenvalue weighted by Gasteiger charge is 2.18. The first-order valence-electron chi connectivity index (χ1n) is 9.11. The van der Waals surface area contributed by atoms with Crippen molar-refractivity contribution in [3.8, 4) is 5.69 Å². The summed E-state index contributed by atoms with van der Waals surface area (Å²) in [6.07, 6.45) is 5.32.